The first-order valence-electron chi connectivity index (χ1n) is 6.70. The molecule has 0 aliphatic rings. The van der Waals surface area contributed by atoms with Crippen molar-refractivity contribution in [1.29, 1.82) is 0 Å². The number of hydrogen-bond acceptors (Lipinski definition) is 3. The Bertz CT molecular complexity index is 356. The average Bonchev–Trinajstić information content (AvgIpc) is 2.44. The average molecular weight is 281 g/mol. The lowest BCUT2D eigenvalue weighted by Gasteiger charge is -2.11. The number of thioether (sulfide) groups is 1. The molecule has 1 aromatic carbocycles. The lowest BCUT2D eigenvalue weighted by atomic mass is 10.1. The van der Waals surface area contributed by atoms with E-state index in [1.165, 1.54) is 5.56 Å². The number of aliphatic hydroxyl groups is 1. The molecule has 0 spiro atoms. The highest BCUT2D eigenvalue weighted by molar-refractivity contribution is 7.98. The quantitative estimate of drug-likeness (QED) is 0.730. The van der Waals surface area contributed by atoms with Gasteiger partial charge >= 0.3 is 0 Å². The Hall–Kier alpha value is -1.00. The van der Waals surface area contributed by atoms with E-state index in [4.69, 9.17) is 0 Å². The van der Waals surface area contributed by atoms with Crippen LogP contribution in [0.4, 0.5) is 0 Å². The van der Waals surface area contributed by atoms with Crippen LogP contribution in [0.25, 0.3) is 0 Å². The Labute approximate surface area is 119 Å². The number of rotatable bonds is 9. The first-order valence-corrected chi connectivity index (χ1v) is 8.09. The van der Waals surface area contributed by atoms with E-state index in [2.05, 4.69) is 17.4 Å². The summed E-state index contributed by atoms with van der Waals surface area (Å²) in [6.07, 6.45) is 4.59. The molecule has 2 N–H and O–H groups in total. The second-order valence-corrected chi connectivity index (χ2v) is 5.56. The molecule has 0 saturated carbocycles. The maximum absolute atomic E-state index is 11.6. The summed E-state index contributed by atoms with van der Waals surface area (Å²) in [5, 5.41) is 12.4. The molecule has 0 heterocycles. The van der Waals surface area contributed by atoms with Crippen molar-refractivity contribution >= 4 is 17.7 Å². The normalized spacial score (nSPS) is 12.1. The molecule has 1 rings (SSSR count). The van der Waals surface area contributed by atoms with Crippen LogP contribution in [-0.2, 0) is 11.2 Å². The smallest absolute Gasteiger partial charge is 0.220 e. The highest BCUT2D eigenvalue weighted by Gasteiger charge is 2.06. The minimum absolute atomic E-state index is 0.0270. The summed E-state index contributed by atoms with van der Waals surface area (Å²) in [5.74, 6) is 0.949. The number of carbonyl (C=O) groups excluding carboxylic acids is 1. The largest absolute Gasteiger partial charge is 0.391 e. The molecule has 4 heteroatoms. The number of aliphatic hydroxyl groups excluding tert-OH is 1. The molecule has 1 amide bonds. The Morgan fingerprint density at radius 3 is 2.79 bits per heavy atom. The van der Waals surface area contributed by atoms with Gasteiger partial charge < -0.3 is 10.4 Å². The summed E-state index contributed by atoms with van der Waals surface area (Å²) in [5.41, 5.74) is 1.26. The Balaban J connectivity index is 2.08. The van der Waals surface area contributed by atoms with Crippen molar-refractivity contribution in [2.75, 3.05) is 18.6 Å². The minimum atomic E-state index is -0.425. The number of hydrogen-bond donors (Lipinski definition) is 2. The van der Waals surface area contributed by atoms with E-state index in [9.17, 15) is 9.90 Å². The van der Waals surface area contributed by atoms with Crippen LogP contribution < -0.4 is 5.32 Å². The van der Waals surface area contributed by atoms with Crippen LogP contribution >= 0.6 is 11.8 Å². The Kier molecular flexibility index (Phi) is 8.34. The van der Waals surface area contributed by atoms with E-state index in [-0.39, 0.29) is 5.91 Å². The van der Waals surface area contributed by atoms with Crippen molar-refractivity contribution in [2.45, 2.75) is 31.8 Å². The van der Waals surface area contributed by atoms with Crippen molar-refractivity contribution in [2.24, 2.45) is 0 Å². The van der Waals surface area contributed by atoms with Gasteiger partial charge in [-0.1, -0.05) is 30.3 Å². The summed E-state index contributed by atoms with van der Waals surface area (Å²) < 4.78 is 0. The van der Waals surface area contributed by atoms with Crippen molar-refractivity contribution < 1.29 is 9.90 Å². The third-order valence-corrected chi connectivity index (χ3v) is 3.55. The summed E-state index contributed by atoms with van der Waals surface area (Å²) >= 11 is 1.70. The number of nitrogens with one attached hydrogen (secondary N) is 1. The zero-order chi connectivity index (χ0) is 13.9. The zero-order valence-corrected chi connectivity index (χ0v) is 12.3. The van der Waals surface area contributed by atoms with E-state index in [1.807, 2.05) is 24.5 Å². The predicted octanol–water partition coefficient (Wildman–Crippen LogP) is 2.24. The molecule has 19 heavy (non-hydrogen) atoms. The molecule has 0 bridgehead atoms. The molecule has 0 radical (unpaired) electrons. The van der Waals surface area contributed by atoms with Gasteiger partial charge in [-0.05, 0) is 36.8 Å². The van der Waals surface area contributed by atoms with Crippen LogP contribution in [0.3, 0.4) is 0 Å². The van der Waals surface area contributed by atoms with Gasteiger partial charge in [0.2, 0.25) is 5.91 Å². The molecule has 0 aromatic heterocycles. The highest BCUT2D eigenvalue weighted by atomic mass is 32.2. The summed E-state index contributed by atoms with van der Waals surface area (Å²) in [6, 6.07) is 10.2. The molecule has 0 fully saturated rings. The van der Waals surface area contributed by atoms with Gasteiger partial charge in [-0.3, -0.25) is 4.79 Å². The predicted molar refractivity (Wildman–Crippen MR) is 81.4 cm³/mol. The molecule has 106 valence electrons. The lowest BCUT2D eigenvalue weighted by Crippen LogP contribution is -2.32. The fourth-order valence-electron chi connectivity index (χ4n) is 1.77. The summed E-state index contributed by atoms with van der Waals surface area (Å²) in [6.45, 7) is 0.366. The maximum atomic E-state index is 11.6. The Morgan fingerprint density at radius 1 is 1.37 bits per heavy atom. The van der Waals surface area contributed by atoms with E-state index in [1.54, 1.807) is 11.8 Å². The number of aryl methyl sites for hydroxylation is 1. The summed E-state index contributed by atoms with van der Waals surface area (Å²) in [7, 11) is 0. The van der Waals surface area contributed by atoms with Crippen molar-refractivity contribution in [3.05, 3.63) is 35.9 Å². The molecular formula is C15H23NO2S. The number of benzene rings is 1. The minimum Gasteiger partial charge on any atom is -0.391 e. The molecule has 0 aliphatic carbocycles. The van der Waals surface area contributed by atoms with Crippen LogP contribution in [0.15, 0.2) is 30.3 Å². The van der Waals surface area contributed by atoms with Crippen LogP contribution in [0.1, 0.15) is 24.8 Å². The van der Waals surface area contributed by atoms with Crippen molar-refractivity contribution in [3.63, 3.8) is 0 Å². The molecule has 0 saturated heterocycles. The molecular weight excluding hydrogens is 258 g/mol. The second kappa shape index (κ2) is 9.87. The third kappa shape index (κ3) is 7.90. The van der Waals surface area contributed by atoms with E-state index >= 15 is 0 Å². The summed E-state index contributed by atoms with van der Waals surface area (Å²) in [4.78, 5) is 11.6. The molecule has 1 aromatic rings. The van der Waals surface area contributed by atoms with E-state index < -0.39 is 6.10 Å². The molecule has 0 aliphatic heterocycles. The van der Waals surface area contributed by atoms with E-state index in [0.29, 0.717) is 13.0 Å². The topological polar surface area (TPSA) is 49.3 Å². The van der Waals surface area contributed by atoms with Crippen LogP contribution in [0, 0.1) is 0 Å². The van der Waals surface area contributed by atoms with Crippen molar-refractivity contribution in [1.82, 2.24) is 5.32 Å². The standard InChI is InChI=1S/C15H23NO2S/c1-19-11-10-14(17)12-16-15(18)9-5-8-13-6-3-2-4-7-13/h2-4,6-7,14,17H,5,8-12H2,1H3,(H,16,18). The molecule has 3 nitrogen and oxygen atoms in total. The highest BCUT2D eigenvalue weighted by Crippen LogP contribution is 2.04. The zero-order valence-electron chi connectivity index (χ0n) is 11.5. The number of amides is 1. The fraction of sp³-hybridized carbons (Fsp3) is 0.533. The second-order valence-electron chi connectivity index (χ2n) is 4.58. The number of carbonyl (C=O) groups is 1. The van der Waals surface area contributed by atoms with Crippen molar-refractivity contribution in [3.8, 4) is 0 Å². The van der Waals surface area contributed by atoms with Gasteiger partial charge in [-0.2, -0.15) is 11.8 Å². The van der Waals surface area contributed by atoms with Gasteiger partial charge in [-0.15, -0.1) is 0 Å². The lowest BCUT2D eigenvalue weighted by molar-refractivity contribution is -0.121. The molecule has 1 unspecified atom stereocenters. The van der Waals surface area contributed by atoms with Gasteiger partial charge in [-0.25, -0.2) is 0 Å². The van der Waals surface area contributed by atoms with Gasteiger partial charge in [0.05, 0.1) is 6.10 Å². The SMILES string of the molecule is CSCCC(O)CNC(=O)CCCc1ccccc1. The van der Waals surface area contributed by atoms with Crippen LogP contribution in [-0.4, -0.2) is 35.7 Å². The van der Waals surface area contributed by atoms with Crippen LogP contribution in [0.5, 0.6) is 0 Å². The maximum Gasteiger partial charge on any atom is 0.220 e. The third-order valence-electron chi connectivity index (χ3n) is 2.90. The monoisotopic (exact) mass is 281 g/mol. The van der Waals surface area contributed by atoms with Gasteiger partial charge in [0.1, 0.15) is 0 Å². The van der Waals surface area contributed by atoms with Crippen LogP contribution in [0.2, 0.25) is 0 Å². The molecule has 1 atom stereocenters. The fourth-order valence-corrected chi connectivity index (χ4v) is 2.28. The Morgan fingerprint density at radius 2 is 2.11 bits per heavy atom. The van der Waals surface area contributed by atoms with E-state index in [0.717, 1.165) is 25.0 Å². The van der Waals surface area contributed by atoms with Gasteiger partial charge in [0.25, 0.3) is 0 Å². The first-order chi connectivity index (χ1) is 9.22. The van der Waals surface area contributed by atoms with Gasteiger partial charge in [0.15, 0.2) is 0 Å². The van der Waals surface area contributed by atoms with Gasteiger partial charge in [0, 0.05) is 13.0 Å². The first kappa shape index (κ1) is 16.1.